The minimum atomic E-state index is -0.816. The van der Waals surface area contributed by atoms with E-state index < -0.39 is 11.6 Å². The Bertz CT molecular complexity index is 1010. The molecule has 5 nitrogen and oxygen atoms in total. The molecule has 144 valence electrons. The summed E-state index contributed by atoms with van der Waals surface area (Å²) < 4.78 is 27.3. The van der Waals surface area contributed by atoms with Gasteiger partial charge in [0.25, 0.3) is 5.56 Å². The number of nitrogens with zero attached hydrogens (tertiary/aromatic N) is 3. The summed E-state index contributed by atoms with van der Waals surface area (Å²) in [6, 6.07) is 9.43. The zero-order chi connectivity index (χ0) is 19.5. The van der Waals surface area contributed by atoms with Gasteiger partial charge >= 0.3 is 0 Å². The van der Waals surface area contributed by atoms with Gasteiger partial charge in [-0.25, -0.2) is 13.8 Å². The molecule has 4 rings (SSSR count). The van der Waals surface area contributed by atoms with Crippen molar-refractivity contribution < 1.29 is 8.78 Å². The third-order valence-electron chi connectivity index (χ3n) is 5.15. The molecule has 1 N–H and O–H groups in total. The molecule has 7 heteroatoms. The first-order valence-electron chi connectivity index (χ1n) is 9.27. The van der Waals surface area contributed by atoms with Crippen molar-refractivity contribution in [3.8, 4) is 11.4 Å². The quantitative estimate of drug-likeness (QED) is 0.750. The Hall–Kier alpha value is -2.93. The average molecular weight is 382 g/mol. The number of rotatable bonds is 4. The minimum absolute atomic E-state index is 0.163. The fourth-order valence-corrected chi connectivity index (χ4v) is 3.63. The van der Waals surface area contributed by atoms with Crippen LogP contribution < -0.4 is 5.56 Å². The average Bonchev–Trinajstić information content (AvgIpc) is 2.72. The zero-order valence-electron chi connectivity index (χ0n) is 15.2. The van der Waals surface area contributed by atoms with Gasteiger partial charge in [-0.1, -0.05) is 12.1 Å². The number of halogens is 2. The van der Waals surface area contributed by atoms with Crippen molar-refractivity contribution in [1.29, 1.82) is 0 Å². The number of hydrogen-bond acceptors (Lipinski definition) is 4. The van der Waals surface area contributed by atoms with Crippen LogP contribution in [0.25, 0.3) is 11.4 Å². The van der Waals surface area contributed by atoms with Gasteiger partial charge in [0.15, 0.2) is 11.6 Å². The van der Waals surface area contributed by atoms with Gasteiger partial charge in [-0.2, -0.15) is 0 Å². The molecule has 1 aliphatic rings. The number of aromatic nitrogens is 3. The number of benzene rings is 1. The summed E-state index contributed by atoms with van der Waals surface area (Å²) in [6.45, 7) is 1.85. The Morgan fingerprint density at radius 2 is 1.86 bits per heavy atom. The second kappa shape index (κ2) is 7.98. The Morgan fingerprint density at radius 3 is 2.61 bits per heavy atom. The van der Waals surface area contributed by atoms with Crippen LogP contribution in [0.15, 0.2) is 53.6 Å². The van der Waals surface area contributed by atoms with Crippen molar-refractivity contribution >= 4 is 0 Å². The van der Waals surface area contributed by atoms with E-state index in [1.807, 2.05) is 0 Å². The highest BCUT2D eigenvalue weighted by Crippen LogP contribution is 2.28. The monoisotopic (exact) mass is 382 g/mol. The summed E-state index contributed by atoms with van der Waals surface area (Å²) in [4.78, 5) is 25.6. The van der Waals surface area contributed by atoms with Crippen LogP contribution in [0.1, 0.15) is 30.0 Å². The van der Waals surface area contributed by atoms with E-state index in [1.165, 1.54) is 6.07 Å². The van der Waals surface area contributed by atoms with E-state index >= 15 is 0 Å². The van der Waals surface area contributed by atoms with Gasteiger partial charge in [-0.05, 0) is 44.1 Å². The zero-order valence-corrected chi connectivity index (χ0v) is 15.2. The van der Waals surface area contributed by atoms with E-state index in [2.05, 4.69) is 19.9 Å². The van der Waals surface area contributed by atoms with Crippen LogP contribution in [0.3, 0.4) is 0 Å². The van der Waals surface area contributed by atoms with Crippen molar-refractivity contribution in [1.82, 2.24) is 19.9 Å². The highest BCUT2D eigenvalue weighted by molar-refractivity contribution is 5.53. The molecule has 28 heavy (non-hydrogen) atoms. The normalized spacial score (nSPS) is 15.6. The molecule has 0 radical (unpaired) electrons. The van der Waals surface area contributed by atoms with Crippen LogP contribution in [0.4, 0.5) is 8.78 Å². The van der Waals surface area contributed by atoms with Gasteiger partial charge in [-0.15, -0.1) is 0 Å². The van der Waals surface area contributed by atoms with Gasteiger partial charge in [0, 0.05) is 42.0 Å². The van der Waals surface area contributed by atoms with E-state index in [0.717, 1.165) is 43.3 Å². The molecule has 0 atom stereocenters. The molecule has 2 aromatic heterocycles. The molecular weight excluding hydrogens is 362 g/mol. The number of aromatic amines is 1. The molecule has 3 aromatic rings. The second-order valence-electron chi connectivity index (χ2n) is 7.02. The maximum Gasteiger partial charge on any atom is 0.251 e. The number of hydrogen-bond donors (Lipinski definition) is 1. The van der Waals surface area contributed by atoms with Gasteiger partial charge in [0.1, 0.15) is 5.82 Å². The Morgan fingerprint density at radius 1 is 1.11 bits per heavy atom. The maximum atomic E-state index is 13.9. The molecular formula is C21H20F2N4O. The minimum Gasteiger partial charge on any atom is -0.307 e. The van der Waals surface area contributed by atoms with Crippen molar-refractivity contribution in [3.05, 3.63) is 82.0 Å². The van der Waals surface area contributed by atoms with Crippen LogP contribution in [0, 0.1) is 11.6 Å². The van der Waals surface area contributed by atoms with Crippen LogP contribution in [-0.4, -0.2) is 32.9 Å². The Balaban J connectivity index is 1.46. The molecule has 3 heterocycles. The molecule has 1 aromatic carbocycles. The Labute approximate surface area is 161 Å². The predicted molar refractivity (Wildman–Crippen MR) is 102 cm³/mol. The first-order chi connectivity index (χ1) is 13.6. The van der Waals surface area contributed by atoms with E-state index in [1.54, 1.807) is 36.7 Å². The van der Waals surface area contributed by atoms with Crippen LogP contribution in [0.5, 0.6) is 0 Å². The van der Waals surface area contributed by atoms with Crippen LogP contribution in [0.2, 0.25) is 0 Å². The lowest BCUT2D eigenvalue weighted by molar-refractivity contribution is 0.200. The molecule has 0 unspecified atom stereocenters. The first kappa shape index (κ1) is 18.4. The number of piperidine rings is 1. The van der Waals surface area contributed by atoms with Gasteiger partial charge in [0.05, 0.1) is 5.69 Å². The van der Waals surface area contributed by atoms with E-state index in [4.69, 9.17) is 0 Å². The molecule has 1 saturated heterocycles. The SMILES string of the molecule is O=c1cc(C2CCN(Cc3cccc(F)c3F)CC2)nc(-c2ccncc2)[nH]1. The largest absolute Gasteiger partial charge is 0.307 e. The summed E-state index contributed by atoms with van der Waals surface area (Å²) in [5.74, 6) is -0.891. The molecule has 0 bridgehead atoms. The summed E-state index contributed by atoms with van der Waals surface area (Å²) in [6.07, 6.45) is 4.93. The van der Waals surface area contributed by atoms with E-state index in [9.17, 15) is 13.6 Å². The summed E-state index contributed by atoms with van der Waals surface area (Å²) in [5, 5.41) is 0. The third-order valence-corrected chi connectivity index (χ3v) is 5.15. The third kappa shape index (κ3) is 3.99. The molecule has 0 spiro atoms. The molecule has 1 fully saturated rings. The topological polar surface area (TPSA) is 61.9 Å². The van der Waals surface area contributed by atoms with Gasteiger partial charge in [0.2, 0.25) is 0 Å². The lowest BCUT2D eigenvalue weighted by Gasteiger charge is -2.31. The van der Waals surface area contributed by atoms with Crippen LogP contribution >= 0.6 is 0 Å². The smallest absolute Gasteiger partial charge is 0.251 e. The fourth-order valence-electron chi connectivity index (χ4n) is 3.63. The maximum absolute atomic E-state index is 13.9. The molecule has 0 aliphatic carbocycles. The van der Waals surface area contributed by atoms with Crippen LogP contribution in [-0.2, 0) is 6.54 Å². The van der Waals surface area contributed by atoms with Gasteiger partial charge in [-0.3, -0.25) is 14.7 Å². The lowest BCUT2D eigenvalue weighted by Crippen LogP contribution is -2.33. The van der Waals surface area contributed by atoms with E-state index in [-0.39, 0.29) is 11.5 Å². The fraction of sp³-hybridized carbons (Fsp3) is 0.286. The molecule has 0 saturated carbocycles. The predicted octanol–water partition coefficient (Wildman–Crippen LogP) is 3.49. The van der Waals surface area contributed by atoms with Crippen molar-refractivity contribution in [2.45, 2.75) is 25.3 Å². The van der Waals surface area contributed by atoms with Crippen molar-refractivity contribution in [2.75, 3.05) is 13.1 Å². The van der Waals surface area contributed by atoms with E-state index in [0.29, 0.717) is 17.9 Å². The standard InChI is InChI=1S/C21H20F2N4O/c22-17-3-1-2-16(20(17)23)13-27-10-6-14(7-11-27)18-12-19(28)26-21(25-18)15-4-8-24-9-5-15/h1-5,8-9,12,14H,6-7,10-11,13H2,(H,25,26,28). The Kier molecular flexibility index (Phi) is 5.25. The number of likely N-dealkylation sites (tertiary alicyclic amines) is 1. The number of pyridine rings is 1. The number of H-pyrrole nitrogens is 1. The second-order valence-corrected chi connectivity index (χ2v) is 7.02. The van der Waals surface area contributed by atoms with Crippen molar-refractivity contribution in [2.24, 2.45) is 0 Å². The van der Waals surface area contributed by atoms with Crippen molar-refractivity contribution in [3.63, 3.8) is 0 Å². The molecule has 1 aliphatic heterocycles. The lowest BCUT2D eigenvalue weighted by atomic mass is 9.93. The highest BCUT2D eigenvalue weighted by Gasteiger charge is 2.23. The summed E-state index contributed by atoms with van der Waals surface area (Å²) >= 11 is 0. The molecule has 0 amide bonds. The highest BCUT2D eigenvalue weighted by atomic mass is 19.2. The number of nitrogens with one attached hydrogen (secondary N) is 1. The first-order valence-corrected chi connectivity index (χ1v) is 9.27. The summed E-state index contributed by atoms with van der Waals surface area (Å²) in [5.41, 5.74) is 1.77. The van der Waals surface area contributed by atoms with Gasteiger partial charge < -0.3 is 4.98 Å². The summed E-state index contributed by atoms with van der Waals surface area (Å²) in [7, 11) is 0.